The molecule has 0 spiro atoms. The second-order valence-electron chi connectivity index (χ2n) is 4.75. The topological polar surface area (TPSA) is 72.6 Å². The number of benzene rings is 2. The van der Waals surface area contributed by atoms with Gasteiger partial charge in [0, 0.05) is 23.6 Å². The lowest BCUT2D eigenvalue weighted by Crippen LogP contribution is -2.05. The molecule has 0 amide bonds. The second-order valence-corrected chi connectivity index (χ2v) is 4.75. The Bertz CT molecular complexity index is 640. The summed E-state index contributed by atoms with van der Waals surface area (Å²) in [7, 11) is 0. The van der Waals surface area contributed by atoms with E-state index in [0.717, 1.165) is 11.1 Å². The van der Waals surface area contributed by atoms with Gasteiger partial charge in [0.25, 0.3) is 5.69 Å². The maximum absolute atomic E-state index is 10.9. The largest absolute Gasteiger partial charge is 0.493 e. The molecular weight excluding hydrogens is 270 g/mol. The van der Waals surface area contributed by atoms with E-state index in [9.17, 15) is 15.2 Å². The Morgan fingerprint density at radius 1 is 1.19 bits per heavy atom. The Balaban J connectivity index is 2.04. The van der Waals surface area contributed by atoms with Crippen molar-refractivity contribution >= 4 is 5.69 Å². The second kappa shape index (κ2) is 6.85. The van der Waals surface area contributed by atoms with Crippen molar-refractivity contribution < 1.29 is 14.8 Å². The van der Waals surface area contributed by atoms with Gasteiger partial charge in [-0.25, -0.2) is 0 Å². The van der Waals surface area contributed by atoms with Crippen LogP contribution in [0.15, 0.2) is 42.5 Å². The number of hydrogen-bond acceptors (Lipinski definition) is 4. The molecule has 0 fully saturated rings. The molecule has 0 aromatic heterocycles. The summed E-state index contributed by atoms with van der Waals surface area (Å²) < 4.78 is 5.64. The van der Waals surface area contributed by atoms with Gasteiger partial charge in [0.2, 0.25) is 0 Å². The molecule has 0 heterocycles. The lowest BCUT2D eigenvalue weighted by Gasteiger charge is -2.11. The molecule has 0 aliphatic heterocycles. The van der Waals surface area contributed by atoms with Crippen LogP contribution in [0.1, 0.15) is 16.7 Å². The van der Waals surface area contributed by atoms with Gasteiger partial charge in [-0.1, -0.05) is 35.9 Å². The molecule has 0 radical (unpaired) electrons. The van der Waals surface area contributed by atoms with E-state index in [1.807, 2.05) is 19.1 Å². The number of para-hydroxylation sites is 1. The molecular formula is C16H17NO4. The first-order chi connectivity index (χ1) is 10.1. The lowest BCUT2D eigenvalue weighted by atomic mass is 10.1. The summed E-state index contributed by atoms with van der Waals surface area (Å²) >= 11 is 0. The minimum atomic E-state index is -0.389. The van der Waals surface area contributed by atoms with Crippen LogP contribution in [0.25, 0.3) is 0 Å². The fourth-order valence-electron chi connectivity index (χ4n) is 2.14. The van der Waals surface area contributed by atoms with E-state index in [1.54, 1.807) is 24.3 Å². The van der Waals surface area contributed by atoms with Crippen molar-refractivity contribution in [2.75, 3.05) is 6.61 Å². The predicted molar refractivity (Wildman–Crippen MR) is 79.4 cm³/mol. The third-order valence-corrected chi connectivity index (χ3v) is 3.20. The number of aliphatic hydroxyl groups excluding tert-OH is 1. The highest BCUT2D eigenvalue weighted by molar-refractivity contribution is 5.40. The molecule has 1 N–H and O–H groups in total. The van der Waals surface area contributed by atoms with Gasteiger partial charge in [0.05, 0.1) is 18.1 Å². The van der Waals surface area contributed by atoms with Crippen LogP contribution in [0, 0.1) is 17.0 Å². The summed E-state index contributed by atoms with van der Waals surface area (Å²) in [6.45, 7) is 2.17. The molecule has 2 rings (SSSR count). The molecule has 5 heteroatoms. The van der Waals surface area contributed by atoms with Gasteiger partial charge in [0.1, 0.15) is 5.75 Å². The van der Waals surface area contributed by atoms with Crippen molar-refractivity contribution in [1.82, 2.24) is 0 Å². The summed E-state index contributed by atoms with van der Waals surface area (Å²) in [4.78, 5) is 10.5. The minimum Gasteiger partial charge on any atom is -0.493 e. The summed E-state index contributed by atoms with van der Waals surface area (Å²) in [5, 5.41) is 20.2. The van der Waals surface area contributed by atoms with Gasteiger partial charge >= 0.3 is 0 Å². The average Bonchev–Trinajstić information content (AvgIpc) is 2.49. The number of aliphatic hydroxyl groups is 1. The molecule has 0 aliphatic carbocycles. The first kappa shape index (κ1) is 15.0. The van der Waals surface area contributed by atoms with Gasteiger partial charge in [-0.05, 0) is 13.0 Å². The number of rotatable bonds is 6. The molecule has 5 nitrogen and oxygen atoms in total. The minimum absolute atomic E-state index is 0.0947. The fraction of sp³-hybridized carbons (Fsp3) is 0.250. The lowest BCUT2D eigenvalue weighted by molar-refractivity contribution is -0.385. The van der Waals surface area contributed by atoms with Crippen LogP contribution in [-0.4, -0.2) is 16.6 Å². The zero-order chi connectivity index (χ0) is 15.2. The van der Waals surface area contributed by atoms with E-state index >= 15 is 0 Å². The number of hydrogen-bond donors (Lipinski definition) is 1. The van der Waals surface area contributed by atoms with Crippen molar-refractivity contribution in [3.05, 3.63) is 69.3 Å². The highest BCUT2D eigenvalue weighted by atomic mass is 16.6. The molecule has 110 valence electrons. The standard InChI is InChI=1S/C16H17NO4/c1-12-6-7-16(14(10-12)11-18)21-9-8-13-4-2-3-5-15(13)17(19)20/h2-7,10,18H,8-9,11H2,1H3. The van der Waals surface area contributed by atoms with Gasteiger partial charge in [-0.3, -0.25) is 10.1 Å². The molecule has 2 aromatic carbocycles. The van der Waals surface area contributed by atoms with Crippen LogP contribution in [0.5, 0.6) is 5.75 Å². The predicted octanol–water partition coefficient (Wildman–Crippen LogP) is 3.02. The average molecular weight is 287 g/mol. The fourth-order valence-corrected chi connectivity index (χ4v) is 2.14. The van der Waals surface area contributed by atoms with Crippen molar-refractivity contribution in [3.63, 3.8) is 0 Å². The maximum atomic E-state index is 10.9. The molecule has 0 saturated heterocycles. The van der Waals surface area contributed by atoms with Gasteiger partial charge < -0.3 is 9.84 Å². The normalized spacial score (nSPS) is 10.4. The third-order valence-electron chi connectivity index (χ3n) is 3.20. The van der Waals surface area contributed by atoms with Crippen LogP contribution < -0.4 is 4.74 Å². The Morgan fingerprint density at radius 3 is 2.67 bits per heavy atom. The van der Waals surface area contributed by atoms with E-state index in [4.69, 9.17) is 4.74 Å². The highest BCUT2D eigenvalue weighted by Gasteiger charge is 2.12. The Labute approximate surface area is 123 Å². The van der Waals surface area contributed by atoms with Crippen LogP contribution in [0.4, 0.5) is 5.69 Å². The van der Waals surface area contributed by atoms with Crippen LogP contribution in [-0.2, 0) is 13.0 Å². The van der Waals surface area contributed by atoms with Crippen molar-refractivity contribution in [2.24, 2.45) is 0 Å². The Hall–Kier alpha value is -2.40. The Kier molecular flexibility index (Phi) is 4.90. The quantitative estimate of drug-likeness (QED) is 0.654. The van der Waals surface area contributed by atoms with Crippen molar-refractivity contribution in [1.29, 1.82) is 0 Å². The highest BCUT2D eigenvalue weighted by Crippen LogP contribution is 2.22. The summed E-state index contributed by atoms with van der Waals surface area (Å²) in [6, 6.07) is 12.2. The van der Waals surface area contributed by atoms with Gasteiger partial charge in [-0.15, -0.1) is 0 Å². The molecule has 0 aliphatic rings. The first-order valence-corrected chi connectivity index (χ1v) is 6.67. The first-order valence-electron chi connectivity index (χ1n) is 6.67. The van der Waals surface area contributed by atoms with Gasteiger partial charge in [0.15, 0.2) is 0 Å². The monoisotopic (exact) mass is 287 g/mol. The summed E-state index contributed by atoms with van der Waals surface area (Å²) in [5.74, 6) is 0.613. The Morgan fingerprint density at radius 2 is 1.95 bits per heavy atom. The zero-order valence-corrected chi connectivity index (χ0v) is 11.8. The van der Waals surface area contributed by atoms with Gasteiger partial charge in [-0.2, -0.15) is 0 Å². The summed E-state index contributed by atoms with van der Waals surface area (Å²) in [5.41, 5.74) is 2.51. The number of ether oxygens (including phenoxy) is 1. The molecule has 0 bridgehead atoms. The van der Waals surface area contributed by atoms with Crippen LogP contribution in [0.3, 0.4) is 0 Å². The molecule has 0 unspecified atom stereocenters. The molecule has 21 heavy (non-hydrogen) atoms. The number of nitro groups is 1. The van der Waals surface area contributed by atoms with E-state index in [-0.39, 0.29) is 17.2 Å². The number of nitrogens with zero attached hydrogens (tertiary/aromatic N) is 1. The van der Waals surface area contributed by atoms with Crippen molar-refractivity contribution in [3.8, 4) is 5.75 Å². The van der Waals surface area contributed by atoms with E-state index < -0.39 is 0 Å². The van der Waals surface area contributed by atoms with Crippen molar-refractivity contribution in [2.45, 2.75) is 20.0 Å². The molecule has 0 saturated carbocycles. The summed E-state index contributed by atoms with van der Waals surface area (Å²) in [6.07, 6.45) is 0.440. The molecule has 2 aromatic rings. The zero-order valence-electron chi connectivity index (χ0n) is 11.8. The van der Waals surface area contributed by atoms with E-state index in [0.29, 0.717) is 24.3 Å². The van der Waals surface area contributed by atoms with E-state index in [2.05, 4.69) is 0 Å². The maximum Gasteiger partial charge on any atom is 0.272 e. The SMILES string of the molecule is Cc1ccc(OCCc2ccccc2[N+](=O)[O-])c(CO)c1. The number of nitro benzene ring substituents is 1. The molecule has 0 atom stereocenters. The third kappa shape index (κ3) is 3.79. The smallest absolute Gasteiger partial charge is 0.272 e. The number of aryl methyl sites for hydroxylation is 1. The van der Waals surface area contributed by atoms with Crippen LogP contribution in [0.2, 0.25) is 0 Å². The van der Waals surface area contributed by atoms with Crippen LogP contribution >= 0.6 is 0 Å². The van der Waals surface area contributed by atoms with E-state index in [1.165, 1.54) is 6.07 Å².